The molecule has 3 aromatic heterocycles. The normalized spacial score (nSPS) is 15.3. The Balaban J connectivity index is 1.49. The van der Waals surface area contributed by atoms with Crippen molar-refractivity contribution in [1.82, 2.24) is 29.6 Å². The van der Waals surface area contributed by atoms with Crippen molar-refractivity contribution in [2.24, 2.45) is 0 Å². The predicted molar refractivity (Wildman–Crippen MR) is 127 cm³/mol. The van der Waals surface area contributed by atoms with Gasteiger partial charge in [-0.3, -0.25) is 14.4 Å². The molecule has 1 aromatic carbocycles. The lowest BCUT2D eigenvalue weighted by Gasteiger charge is -2.34. The van der Waals surface area contributed by atoms with Crippen molar-refractivity contribution in [3.8, 4) is 0 Å². The molecule has 0 unspecified atom stereocenters. The van der Waals surface area contributed by atoms with Crippen LogP contribution in [0.15, 0.2) is 47.6 Å². The minimum atomic E-state index is -0.386. The number of amides is 2. The first-order valence-corrected chi connectivity index (χ1v) is 11.5. The number of hydrogen-bond acceptors (Lipinski definition) is 7. The van der Waals surface area contributed by atoms with Crippen LogP contribution < -0.4 is 10.2 Å². The molecule has 11 heteroatoms. The van der Waals surface area contributed by atoms with Crippen LogP contribution in [0.3, 0.4) is 0 Å². The zero-order valence-corrected chi connectivity index (χ0v) is 19.7. The van der Waals surface area contributed by atoms with Crippen LogP contribution >= 0.6 is 0 Å². The van der Waals surface area contributed by atoms with Crippen LogP contribution in [0.25, 0.3) is 11.0 Å². The molecule has 0 radical (unpaired) electrons. The molecule has 0 fully saturated rings. The van der Waals surface area contributed by atoms with E-state index in [-0.39, 0.29) is 31.1 Å². The molecule has 1 aliphatic rings. The molecule has 182 valence electrons. The summed E-state index contributed by atoms with van der Waals surface area (Å²) in [5, 5.41) is 7.15. The second-order valence-electron chi connectivity index (χ2n) is 8.54. The number of imidazole rings is 1. The number of aromatic nitrogens is 5. The summed E-state index contributed by atoms with van der Waals surface area (Å²) in [6, 6.07) is 5.75. The lowest BCUT2D eigenvalue weighted by Crippen LogP contribution is -2.42. The Kier molecular flexibility index (Phi) is 6.21. The zero-order valence-electron chi connectivity index (χ0n) is 19.7. The summed E-state index contributed by atoms with van der Waals surface area (Å²) in [5.74, 6) is 1.20. The van der Waals surface area contributed by atoms with Gasteiger partial charge in [-0.25, -0.2) is 14.8 Å². The Hall–Kier alpha value is -4.15. The molecule has 1 aliphatic heterocycles. The first kappa shape index (κ1) is 22.6. The van der Waals surface area contributed by atoms with E-state index in [1.54, 1.807) is 17.3 Å². The largest absolute Gasteiger partial charge is 0.452 e. The number of nitrogens with one attached hydrogen (secondary N) is 1. The molecule has 5 rings (SSSR count). The number of aryl methyl sites for hydroxylation is 3. The summed E-state index contributed by atoms with van der Waals surface area (Å²) >= 11 is 0. The number of carbonyl (C=O) groups is 2. The number of hydrogen-bond donors (Lipinski definition) is 1. The van der Waals surface area contributed by atoms with Crippen molar-refractivity contribution < 1.29 is 18.7 Å². The molecular formula is C24H27N7O4. The van der Waals surface area contributed by atoms with E-state index in [2.05, 4.69) is 15.4 Å². The monoisotopic (exact) mass is 477 g/mol. The summed E-state index contributed by atoms with van der Waals surface area (Å²) in [6.07, 6.45) is 8.33. The van der Waals surface area contributed by atoms with E-state index in [0.717, 1.165) is 41.0 Å². The Bertz CT molecular complexity index is 1330. The molecule has 0 bridgehead atoms. The molecule has 2 amide bonds. The fourth-order valence-electron chi connectivity index (χ4n) is 4.58. The van der Waals surface area contributed by atoms with Gasteiger partial charge < -0.3 is 19.0 Å². The van der Waals surface area contributed by atoms with E-state index in [1.807, 2.05) is 40.6 Å². The molecule has 0 spiro atoms. The number of carbonyl (C=O) groups excluding carboxylic acids is 2. The molecule has 1 N–H and O–H groups in total. The molecule has 0 saturated heterocycles. The molecule has 0 aliphatic carbocycles. The summed E-state index contributed by atoms with van der Waals surface area (Å²) in [4.78, 5) is 35.9. The molecule has 4 heterocycles. The summed E-state index contributed by atoms with van der Waals surface area (Å²) in [7, 11) is 1.39. The summed E-state index contributed by atoms with van der Waals surface area (Å²) < 4.78 is 14.0. The van der Waals surface area contributed by atoms with Crippen LogP contribution in [-0.2, 0) is 42.0 Å². The number of fused-ring (bicyclic) bond motifs is 3. The van der Waals surface area contributed by atoms with Gasteiger partial charge in [-0.1, -0.05) is 0 Å². The van der Waals surface area contributed by atoms with Crippen molar-refractivity contribution in [3.05, 3.63) is 60.3 Å². The van der Waals surface area contributed by atoms with Crippen LogP contribution in [0.2, 0.25) is 0 Å². The van der Waals surface area contributed by atoms with Crippen molar-refractivity contribution in [2.75, 3.05) is 12.0 Å². The van der Waals surface area contributed by atoms with Crippen molar-refractivity contribution >= 4 is 28.7 Å². The lowest BCUT2D eigenvalue weighted by molar-refractivity contribution is -0.121. The van der Waals surface area contributed by atoms with Gasteiger partial charge in [0.25, 0.3) is 0 Å². The molecular weight excluding hydrogens is 450 g/mol. The maximum Gasteiger partial charge on any atom is 0.414 e. The van der Waals surface area contributed by atoms with E-state index in [4.69, 9.17) is 14.1 Å². The standard InChI is InChI=1S/C24H27N7O4/c1-16-4-5-18-19(31(16)24(33)34-2)6-7-20-23(18)28-21(8-11-29-10-3-9-27-29)30(20)14-22(32)26-13-17-12-25-15-35-17/h3,6-7,9-10,12,15-16H,4-5,8,11,13-14H2,1-2H3,(H,26,32)/t16-/m0/s1. The molecule has 11 nitrogen and oxygen atoms in total. The number of oxazole rings is 1. The van der Waals surface area contributed by atoms with Gasteiger partial charge in [0, 0.05) is 37.0 Å². The number of methoxy groups -OCH3 is 1. The number of rotatable bonds is 7. The van der Waals surface area contributed by atoms with E-state index in [9.17, 15) is 9.59 Å². The van der Waals surface area contributed by atoms with Crippen molar-refractivity contribution in [1.29, 1.82) is 0 Å². The average Bonchev–Trinajstić information content (AvgIpc) is 3.63. The third kappa shape index (κ3) is 4.48. The Morgan fingerprint density at radius 3 is 2.94 bits per heavy atom. The topological polar surface area (TPSA) is 120 Å². The van der Waals surface area contributed by atoms with Gasteiger partial charge in [-0.15, -0.1) is 0 Å². The Morgan fingerprint density at radius 2 is 2.20 bits per heavy atom. The van der Waals surface area contributed by atoms with Crippen LogP contribution in [0.1, 0.15) is 30.5 Å². The van der Waals surface area contributed by atoms with Gasteiger partial charge in [0.1, 0.15) is 18.1 Å². The van der Waals surface area contributed by atoms with Gasteiger partial charge in [0.15, 0.2) is 6.39 Å². The molecule has 1 atom stereocenters. The highest BCUT2D eigenvalue weighted by Crippen LogP contribution is 2.36. The zero-order chi connectivity index (χ0) is 24.4. The van der Waals surface area contributed by atoms with Crippen molar-refractivity contribution in [2.45, 2.75) is 51.9 Å². The smallest absolute Gasteiger partial charge is 0.414 e. The Morgan fingerprint density at radius 1 is 1.31 bits per heavy atom. The van der Waals surface area contributed by atoms with Gasteiger partial charge in [0.05, 0.1) is 36.6 Å². The second-order valence-corrected chi connectivity index (χ2v) is 8.54. The highest BCUT2D eigenvalue weighted by molar-refractivity contribution is 5.95. The minimum Gasteiger partial charge on any atom is -0.452 e. The number of nitrogens with zero attached hydrogens (tertiary/aromatic N) is 6. The van der Waals surface area contributed by atoms with Crippen LogP contribution in [0.5, 0.6) is 0 Å². The van der Waals surface area contributed by atoms with E-state index >= 15 is 0 Å². The molecule has 0 saturated carbocycles. The van der Waals surface area contributed by atoms with Crippen molar-refractivity contribution in [3.63, 3.8) is 0 Å². The van der Waals surface area contributed by atoms with Crippen LogP contribution in [0.4, 0.5) is 10.5 Å². The second kappa shape index (κ2) is 9.61. The van der Waals surface area contributed by atoms with E-state index in [1.165, 1.54) is 13.5 Å². The predicted octanol–water partition coefficient (Wildman–Crippen LogP) is 2.69. The minimum absolute atomic E-state index is 0.0237. The molecule has 35 heavy (non-hydrogen) atoms. The van der Waals surface area contributed by atoms with Gasteiger partial charge >= 0.3 is 6.09 Å². The number of benzene rings is 1. The number of anilines is 1. The first-order chi connectivity index (χ1) is 17.0. The maximum atomic E-state index is 12.8. The third-order valence-electron chi connectivity index (χ3n) is 6.33. The average molecular weight is 478 g/mol. The SMILES string of the molecule is COC(=O)N1c2ccc3c(nc(CCn4cccn4)n3CC(=O)NCc3cnco3)c2CC[C@@H]1C. The fraction of sp³-hybridized carbons (Fsp3) is 0.375. The highest BCUT2D eigenvalue weighted by Gasteiger charge is 2.31. The highest BCUT2D eigenvalue weighted by atomic mass is 16.5. The van der Waals surface area contributed by atoms with E-state index < -0.39 is 0 Å². The summed E-state index contributed by atoms with van der Waals surface area (Å²) in [5.41, 5.74) is 3.46. The Labute approximate surface area is 201 Å². The molecule has 4 aromatic rings. The van der Waals surface area contributed by atoms with Crippen LogP contribution in [0, 0.1) is 0 Å². The quantitative estimate of drug-likeness (QED) is 0.434. The van der Waals surface area contributed by atoms with Gasteiger partial charge in [-0.2, -0.15) is 5.10 Å². The van der Waals surface area contributed by atoms with E-state index in [0.29, 0.717) is 18.7 Å². The number of ether oxygens (including phenoxy) is 1. The van der Waals surface area contributed by atoms with Crippen LogP contribution in [-0.4, -0.2) is 49.5 Å². The summed E-state index contributed by atoms with van der Waals surface area (Å²) in [6.45, 7) is 3.00. The van der Waals surface area contributed by atoms with Gasteiger partial charge in [-0.05, 0) is 38.0 Å². The lowest BCUT2D eigenvalue weighted by atomic mass is 9.96. The third-order valence-corrected chi connectivity index (χ3v) is 6.33. The van der Waals surface area contributed by atoms with Gasteiger partial charge in [0.2, 0.25) is 5.91 Å². The fourth-order valence-corrected chi connectivity index (χ4v) is 4.58. The first-order valence-electron chi connectivity index (χ1n) is 11.5. The maximum absolute atomic E-state index is 12.8.